The van der Waals surface area contributed by atoms with Crippen molar-refractivity contribution in [1.29, 1.82) is 0 Å². The standard InChI is InChI=1S/C16H22BrN3O4/c1-16(2,3)24-15(21)19-8-4-5-12(10-19)18-13-9-11(17)6-7-14(13)20(22)23/h6-7,9,12,18H,4-5,8,10H2,1-3H3. The van der Waals surface area contributed by atoms with Gasteiger partial charge < -0.3 is 15.0 Å². The van der Waals surface area contributed by atoms with E-state index in [1.807, 2.05) is 20.8 Å². The number of nitro benzene ring substituents is 1. The molecule has 1 aromatic rings. The second kappa shape index (κ2) is 7.38. The molecule has 1 aliphatic heterocycles. The van der Waals surface area contributed by atoms with Crippen molar-refractivity contribution in [2.75, 3.05) is 18.4 Å². The van der Waals surface area contributed by atoms with Crippen molar-refractivity contribution in [1.82, 2.24) is 4.90 Å². The molecule has 1 atom stereocenters. The van der Waals surface area contributed by atoms with E-state index < -0.39 is 10.5 Å². The summed E-state index contributed by atoms with van der Waals surface area (Å²) in [6.07, 6.45) is 1.31. The van der Waals surface area contributed by atoms with Crippen LogP contribution in [0.2, 0.25) is 0 Å². The quantitative estimate of drug-likeness (QED) is 0.608. The van der Waals surface area contributed by atoms with E-state index in [9.17, 15) is 14.9 Å². The third-order valence-corrected chi connectivity index (χ3v) is 4.08. The number of carbonyl (C=O) groups is 1. The van der Waals surface area contributed by atoms with Gasteiger partial charge in [-0.1, -0.05) is 15.9 Å². The summed E-state index contributed by atoms with van der Waals surface area (Å²) in [7, 11) is 0. The molecule has 1 amide bonds. The zero-order valence-corrected chi connectivity index (χ0v) is 15.6. The van der Waals surface area contributed by atoms with Gasteiger partial charge in [0.2, 0.25) is 0 Å². The third kappa shape index (κ3) is 5.09. The fourth-order valence-corrected chi connectivity index (χ4v) is 2.95. The van der Waals surface area contributed by atoms with Gasteiger partial charge in [-0.25, -0.2) is 4.79 Å². The smallest absolute Gasteiger partial charge is 0.410 e. The van der Waals surface area contributed by atoms with Crippen molar-refractivity contribution in [3.63, 3.8) is 0 Å². The highest BCUT2D eigenvalue weighted by Gasteiger charge is 2.28. The lowest BCUT2D eigenvalue weighted by molar-refractivity contribution is -0.384. The van der Waals surface area contributed by atoms with Crippen molar-refractivity contribution in [2.24, 2.45) is 0 Å². The molecule has 2 rings (SSSR count). The average molecular weight is 400 g/mol. The zero-order valence-electron chi connectivity index (χ0n) is 14.0. The van der Waals surface area contributed by atoms with E-state index in [-0.39, 0.29) is 17.8 Å². The van der Waals surface area contributed by atoms with Gasteiger partial charge in [-0.2, -0.15) is 0 Å². The summed E-state index contributed by atoms with van der Waals surface area (Å²) in [6, 6.07) is 4.72. The summed E-state index contributed by atoms with van der Waals surface area (Å²) < 4.78 is 6.16. The predicted octanol–water partition coefficient (Wildman–Crippen LogP) is 4.17. The summed E-state index contributed by atoms with van der Waals surface area (Å²) >= 11 is 3.33. The summed E-state index contributed by atoms with van der Waals surface area (Å²) in [5.41, 5.74) is -0.0708. The van der Waals surface area contributed by atoms with E-state index in [4.69, 9.17) is 4.74 Å². The van der Waals surface area contributed by atoms with E-state index in [2.05, 4.69) is 21.2 Å². The molecule has 0 aliphatic carbocycles. The lowest BCUT2D eigenvalue weighted by Gasteiger charge is -2.34. The molecule has 1 N–H and O–H groups in total. The van der Waals surface area contributed by atoms with Crippen molar-refractivity contribution >= 4 is 33.4 Å². The van der Waals surface area contributed by atoms with Gasteiger partial charge in [0.15, 0.2) is 0 Å². The Hall–Kier alpha value is -1.83. The van der Waals surface area contributed by atoms with Crippen LogP contribution in [0.5, 0.6) is 0 Å². The minimum Gasteiger partial charge on any atom is -0.444 e. The number of hydrogen-bond acceptors (Lipinski definition) is 5. The topological polar surface area (TPSA) is 84.7 Å². The van der Waals surface area contributed by atoms with Crippen LogP contribution in [0.3, 0.4) is 0 Å². The molecule has 0 bridgehead atoms. The largest absolute Gasteiger partial charge is 0.444 e. The monoisotopic (exact) mass is 399 g/mol. The van der Waals surface area contributed by atoms with Crippen molar-refractivity contribution in [3.8, 4) is 0 Å². The van der Waals surface area contributed by atoms with Crippen LogP contribution < -0.4 is 5.32 Å². The van der Waals surface area contributed by atoms with E-state index in [1.54, 1.807) is 17.0 Å². The van der Waals surface area contributed by atoms with Crippen LogP contribution in [0.4, 0.5) is 16.2 Å². The van der Waals surface area contributed by atoms with Crippen molar-refractivity contribution in [3.05, 3.63) is 32.8 Å². The Balaban J connectivity index is 2.07. The maximum atomic E-state index is 12.2. The Morgan fingerprint density at radius 1 is 1.46 bits per heavy atom. The number of likely N-dealkylation sites (tertiary alicyclic amines) is 1. The molecule has 1 fully saturated rings. The Bertz CT molecular complexity index is 630. The SMILES string of the molecule is CC(C)(C)OC(=O)N1CCCC(Nc2cc(Br)ccc2[N+](=O)[O-])C1. The minimum absolute atomic E-state index is 0.0209. The van der Waals surface area contributed by atoms with Gasteiger partial charge in [0, 0.05) is 29.7 Å². The van der Waals surface area contributed by atoms with Crippen LogP contribution >= 0.6 is 15.9 Å². The van der Waals surface area contributed by atoms with Crippen LogP contribution in [0.15, 0.2) is 22.7 Å². The van der Waals surface area contributed by atoms with E-state index in [0.717, 1.165) is 17.3 Å². The molecular weight excluding hydrogens is 378 g/mol. The second-order valence-corrected chi connectivity index (χ2v) is 7.74. The first-order valence-corrected chi connectivity index (χ1v) is 8.63. The van der Waals surface area contributed by atoms with Crippen LogP contribution in [0.1, 0.15) is 33.6 Å². The molecule has 1 heterocycles. The first-order chi connectivity index (χ1) is 11.2. The zero-order chi connectivity index (χ0) is 17.9. The van der Waals surface area contributed by atoms with Crippen LogP contribution in [-0.2, 0) is 4.74 Å². The van der Waals surface area contributed by atoms with Gasteiger partial charge in [-0.05, 0) is 45.7 Å². The van der Waals surface area contributed by atoms with E-state index >= 15 is 0 Å². The average Bonchev–Trinajstić information content (AvgIpc) is 2.45. The fourth-order valence-electron chi connectivity index (χ4n) is 2.59. The van der Waals surface area contributed by atoms with Crippen LogP contribution in [0.25, 0.3) is 0 Å². The second-order valence-electron chi connectivity index (χ2n) is 6.83. The summed E-state index contributed by atoms with van der Waals surface area (Å²) in [4.78, 5) is 24.6. The Kier molecular flexibility index (Phi) is 5.69. The number of hydrogen-bond donors (Lipinski definition) is 1. The van der Waals surface area contributed by atoms with E-state index in [0.29, 0.717) is 18.8 Å². The number of halogens is 1. The van der Waals surface area contributed by atoms with Crippen LogP contribution in [-0.4, -0.2) is 40.6 Å². The maximum Gasteiger partial charge on any atom is 0.410 e. The van der Waals surface area contributed by atoms with Gasteiger partial charge >= 0.3 is 6.09 Å². The first kappa shape index (κ1) is 18.5. The molecular formula is C16H22BrN3O4. The lowest BCUT2D eigenvalue weighted by Crippen LogP contribution is -2.47. The summed E-state index contributed by atoms with van der Waals surface area (Å²) in [6.45, 7) is 6.58. The number of rotatable bonds is 3. The van der Waals surface area contributed by atoms with Crippen molar-refractivity contribution in [2.45, 2.75) is 45.3 Å². The first-order valence-electron chi connectivity index (χ1n) is 7.84. The Morgan fingerprint density at radius 2 is 2.17 bits per heavy atom. The number of anilines is 1. The molecule has 0 radical (unpaired) electrons. The Morgan fingerprint density at radius 3 is 2.79 bits per heavy atom. The molecule has 0 aromatic heterocycles. The molecule has 0 saturated carbocycles. The predicted molar refractivity (Wildman–Crippen MR) is 95.2 cm³/mol. The minimum atomic E-state index is -0.541. The van der Waals surface area contributed by atoms with Gasteiger partial charge in [-0.15, -0.1) is 0 Å². The molecule has 1 unspecified atom stereocenters. The molecule has 24 heavy (non-hydrogen) atoms. The van der Waals surface area contributed by atoms with Crippen LogP contribution in [0, 0.1) is 10.1 Å². The lowest BCUT2D eigenvalue weighted by atomic mass is 10.1. The number of nitro groups is 1. The molecule has 1 saturated heterocycles. The van der Waals surface area contributed by atoms with Gasteiger partial charge in [-0.3, -0.25) is 10.1 Å². The van der Waals surface area contributed by atoms with Gasteiger partial charge in [0.1, 0.15) is 11.3 Å². The number of nitrogens with zero attached hydrogens (tertiary/aromatic N) is 2. The summed E-state index contributed by atoms with van der Waals surface area (Å²) in [5, 5.41) is 14.4. The number of nitrogens with one attached hydrogen (secondary N) is 1. The maximum absolute atomic E-state index is 12.2. The Labute approximate surface area is 149 Å². The molecule has 7 nitrogen and oxygen atoms in total. The molecule has 1 aromatic carbocycles. The number of benzene rings is 1. The highest BCUT2D eigenvalue weighted by molar-refractivity contribution is 9.10. The van der Waals surface area contributed by atoms with Crippen molar-refractivity contribution < 1.29 is 14.5 Å². The molecule has 132 valence electrons. The number of carbonyl (C=O) groups excluding carboxylic acids is 1. The third-order valence-electron chi connectivity index (χ3n) is 3.59. The number of ether oxygens (including phenoxy) is 1. The fraction of sp³-hybridized carbons (Fsp3) is 0.562. The molecule has 0 spiro atoms. The number of piperidine rings is 1. The highest BCUT2D eigenvalue weighted by Crippen LogP contribution is 2.29. The van der Waals surface area contributed by atoms with Gasteiger partial charge in [0.05, 0.1) is 4.92 Å². The normalized spacial score (nSPS) is 18.2. The molecule has 8 heteroatoms. The molecule has 1 aliphatic rings. The van der Waals surface area contributed by atoms with E-state index in [1.165, 1.54) is 6.07 Å². The number of amides is 1. The summed E-state index contributed by atoms with van der Waals surface area (Å²) in [5.74, 6) is 0. The van der Waals surface area contributed by atoms with Gasteiger partial charge in [0.25, 0.3) is 5.69 Å². The highest BCUT2D eigenvalue weighted by atomic mass is 79.9.